The minimum absolute atomic E-state index is 1.16. The Balaban J connectivity index is 1.69. The van der Waals surface area contributed by atoms with Crippen LogP contribution in [0.1, 0.15) is 19.4 Å². The highest BCUT2D eigenvalue weighted by Gasteiger charge is 2.16. The third kappa shape index (κ3) is 5.25. The Labute approximate surface area is 125 Å². The Morgan fingerprint density at radius 1 is 1.00 bits per heavy atom. The molecule has 2 nitrogen and oxygen atoms in total. The lowest BCUT2D eigenvalue weighted by molar-refractivity contribution is 0.137. The fourth-order valence-corrected chi connectivity index (χ4v) is 2.82. The van der Waals surface area contributed by atoms with Gasteiger partial charge in [0.05, 0.1) is 0 Å². The first-order valence-electron chi connectivity index (χ1n) is 7.11. The van der Waals surface area contributed by atoms with E-state index in [2.05, 4.69) is 63.8 Å². The van der Waals surface area contributed by atoms with Crippen molar-refractivity contribution in [2.75, 3.05) is 39.3 Å². The van der Waals surface area contributed by atoms with E-state index in [-0.39, 0.29) is 0 Å². The van der Waals surface area contributed by atoms with Crippen LogP contribution in [-0.2, 0) is 6.42 Å². The lowest BCUT2D eigenvalue weighted by Crippen LogP contribution is -2.47. The molecular formula is C16H24BrN2. The van der Waals surface area contributed by atoms with E-state index in [0.717, 1.165) is 10.9 Å². The average Bonchev–Trinajstić information content (AvgIpc) is 2.39. The quantitative estimate of drug-likeness (QED) is 0.820. The van der Waals surface area contributed by atoms with E-state index in [9.17, 15) is 0 Å². The second-order valence-corrected chi connectivity index (χ2v) is 6.62. The van der Waals surface area contributed by atoms with Gasteiger partial charge < -0.3 is 9.80 Å². The number of piperazine rings is 1. The molecule has 1 heterocycles. The molecule has 0 amide bonds. The molecule has 105 valence electrons. The molecule has 0 atom stereocenters. The van der Waals surface area contributed by atoms with E-state index in [0.29, 0.717) is 0 Å². The van der Waals surface area contributed by atoms with E-state index in [4.69, 9.17) is 0 Å². The molecule has 2 rings (SSSR count). The molecule has 1 aromatic carbocycles. The monoisotopic (exact) mass is 323 g/mol. The lowest BCUT2D eigenvalue weighted by Gasteiger charge is -2.35. The molecule has 0 N–H and O–H groups in total. The van der Waals surface area contributed by atoms with Gasteiger partial charge in [0.25, 0.3) is 0 Å². The van der Waals surface area contributed by atoms with Gasteiger partial charge in [-0.15, -0.1) is 0 Å². The van der Waals surface area contributed by atoms with E-state index >= 15 is 0 Å². The molecule has 0 bridgehead atoms. The summed E-state index contributed by atoms with van der Waals surface area (Å²) in [4.78, 5) is 5.15. The van der Waals surface area contributed by atoms with Crippen molar-refractivity contribution in [1.29, 1.82) is 0 Å². The minimum atomic E-state index is 1.16. The summed E-state index contributed by atoms with van der Waals surface area (Å²) >= 11 is 3.48. The fourth-order valence-electron chi connectivity index (χ4n) is 2.56. The van der Waals surface area contributed by atoms with Crippen LogP contribution in [0.2, 0.25) is 0 Å². The fraction of sp³-hybridized carbons (Fsp3) is 0.562. The summed E-state index contributed by atoms with van der Waals surface area (Å²) in [5.41, 5.74) is 1.43. The topological polar surface area (TPSA) is 6.48 Å². The van der Waals surface area contributed by atoms with Gasteiger partial charge in [0.2, 0.25) is 0 Å². The minimum Gasteiger partial charge on any atom is -0.300 e. The van der Waals surface area contributed by atoms with E-state index in [1.807, 2.05) is 0 Å². The maximum atomic E-state index is 3.48. The molecule has 0 aromatic heterocycles. The number of nitrogens with zero attached hydrogens (tertiary/aromatic N) is 2. The first-order chi connectivity index (χ1) is 9.13. The highest BCUT2D eigenvalue weighted by atomic mass is 79.9. The summed E-state index contributed by atoms with van der Waals surface area (Å²) in [5.74, 6) is 1.52. The van der Waals surface area contributed by atoms with Gasteiger partial charge in [-0.3, -0.25) is 0 Å². The van der Waals surface area contributed by atoms with Crippen LogP contribution < -0.4 is 0 Å². The summed E-state index contributed by atoms with van der Waals surface area (Å²) < 4.78 is 1.16. The van der Waals surface area contributed by atoms with Crippen LogP contribution in [0.25, 0.3) is 0 Å². The third-order valence-corrected chi connectivity index (χ3v) is 4.16. The Bertz CT molecular complexity index is 367. The molecule has 1 aromatic rings. The molecular weight excluding hydrogens is 300 g/mol. The zero-order valence-electron chi connectivity index (χ0n) is 12.0. The summed E-state index contributed by atoms with van der Waals surface area (Å²) in [5, 5.41) is 0. The zero-order chi connectivity index (χ0) is 13.7. The molecule has 3 heteroatoms. The number of hydrogen-bond donors (Lipinski definition) is 0. The summed E-state index contributed by atoms with van der Waals surface area (Å²) in [6, 6.07) is 8.70. The number of halogens is 1. The van der Waals surface area contributed by atoms with Crippen LogP contribution in [0.15, 0.2) is 28.7 Å². The van der Waals surface area contributed by atoms with Crippen molar-refractivity contribution in [2.24, 2.45) is 0 Å². The van der Waals surface area contributed by atoms with Crippen LogP contribution >= 0.6 is 15.9 Å². The summed E-state index contributed by atoms with van der Waals surface area (Å²) in [6.45, 7) is 11.6. The largest absolute Gasteiger partial charge is 0.300 e. The van der Waals surface area contributed by atoms with Crippen LogP contribution in [0, 0.1) is 5.92 Å². The smallest absolute Gasteiger partial charge is 0.0175 e. The zero-order valence-corrected chi connectivity index (χ0v) is 13.6. The molecule has 1 aliphatic heterocycles. The maximum Gasteiger partial charge on any atom is 0.0175 e. The normalized spacial score (nSPS) is 18.1. The summed E-state index contributed by atoms with van der Waals surface area (Å²) in [6.07, 6.45) is 1.16. The van der Waals surface area contributed by atoms with E-state index in [1.165, 1.54) is 50.7 Å². The number of rotatable bonds is 5. The van der Waals surface area contributed by atoms with E-state index < -0.39 is 0 Å². The van der Waals surface area contributed by atoms with Crippen LogP contribution in [0.3, 0.4) is 0 Å². The second-order valence-electron chi connectivity index (χ2n) is 5.70. The first kappa shape index (κ1) is 15.0. The molecule has 0 aliphatic carbocycles. The van der Waals surface area contributed by atoms with Crippen molar-refractivity contribution in [3.8, 4) is 0 Å². The number of hydrogen-bond acceptors (Lipinski definition) is 2. The summed E-state index contributed by atoms with van der Waals surface area (Å²) in [7, 11) is 0. The second kappa shape index (κ2) is 7.41. The van der Waals surface area contributed by atoms with Gasteiger partial charge in [-0.1, -0.05) is 41.9 Å². The standard InChI is InChI=1S/C16H24BrN2/c1-14(2)13-19-11-9-18(10-12-19)8-7-15-3-5-16(17)6-4-15/h3-6H,7-13H2,1-2H3. The Morgan fingerprint density at radius 2 is 1.58 bits per heavy atom. The van der Waals surface area contributed by atoms with Gasteiger partial charge in [0.1, 0.15) is 0 Å². The van der Waals surface area contributed by atoms with Crippen molar-refractivity contribution in [3.05, 3.63) is 40.2 Å². The van der Waals surface area contributed by atoms with Crippen molar-refractivity contribution in [1.82, 2.24) is 9.80 Å². The predicted molar refractivity (Wildman–Crippen MR) is 85.3 cm³/mol. The third-order valence-electron chi connectivity index (χ3n) is 3.63. The van der Waals surface area contributed by atoms with Gasteiger partial charge in [-0.2, -0.15) is 0 Å². The van der Waals surface area contributed by atoms with Crippen molar-refractivity contribution in [2.45, 2.75) is 20.3 Å². The predicted octanol–water partition coefficient (Wildman–Crippen LogP) is 3.22. The number of benzene rings is 1. The Kier molecular flexibility index (Phi) is 5.86. The van der Waals surface area contributed by atoms with E-state index in [1.54, 1.807) is 0 Å². The van der Waals surface area contributed by atoms with Gasteiger partial charge in [0, 0.05) is 43.7 Å². The van der Waals surface area contributed by atoms with Gasteiger partial charge in [-0.05, 0) is 30.0 Å². The lowest BCUT2D eigenvalue weighted by atomic mass is 10.1. The highest BCUT2D eigenvalue weighted by molar-refractivity contribution is 9.10. The molecule has 0 unspecified atom stereocenters. The molecule has 1 radical (unpaired) electrons. The molecule has 0 spiro atoms. The molecule has 1 fully saturated rings. The Hall–Kier alpha value is -0.380. The van der Waals surface area contributed by atoms with Crippen LogP contribution in [-0.4, -0.2) is 49.1 Å². The van der Waals surface area contributed by atoms with Gasteiger partial charge in [-0.25, -0.2) is 0 Å². The average molecular weight is 324 g/mol. The van der Waals surface area contributed by atoms with Crippen molar-refractivity contribution in [3.63, 3.8) is 0 Å². The van der Waals surface area contributed by atoms with Crippen molar-refractivity contribution < 1.29 is 0 Å². The molecule has 1 aliphatic rings. The maximum absolute atomic E-state index is 3.48. The molecule has 0 saturated carbocycles. The van der Waals surface area contributed by atoms with Gasteiger partial charge >= 0.3 is 0 Å². The SMILES string of the molecule is C[C](C)CN1CCN(CCc2ccc(Br)cc2)CC1. The van der Waals surface area contributed by atoms with Crippen LogP contribution in [0.5, 0.6) is 0 Å². The van der Waals surface area contributed by atoms with Gasteiger partial charge in [0.15, 0.2) is 0 Å². The highest BCUT2D eigenvalue weighted by Crippen LogP contribution is 2.12. The molecule has 19 heavy (non-hydrogen) atoms. The van der Waals surface area contributed by atoms with Crippen molar-refractivity contribution >= 4 is 15.9 Å². The van der Waals surface area contributed by atoms with Crippen LogP contribution in [0.4, 0.5) is 0 Å². The first-order valence-corrected chi connectivity index (χ1v) is 7.91. The molecule has 1 saturated heterocycles. The Morgan fingerprint density at radius 3 is 2.16 bits per heavy atom.